The van der Waals surface area contributed by atoms with Crippen molar-refractivity contribution in [2.75, 3.05) is 7.11 Å². The molecule has 0 spiro atoms. The summed E-state index contributed by atoms with van der Waals surface area (Å²) in [4.78, 5) is 12.2. The van der Waals surface area contributed by atoms with E-state index in [9.17, 15) is 4.79 Å². The predicted molar refractivity (Wildman–Crippen MR) is 78.7 cm³/mol. The van der Waals surface area contributed by atoms with Gasteiger partial charge in [0.25, 0.3) is 0 Å². The molecule has 0 N–H and O–H groups in total. The van der Waals surface area contributed by atoms with Crippen LogP contribution in [-0.4, -0.2) is 13.2 Å². The van der Waals surface area contributed by atoms with Crippen LogP contribution in [0.2, 0.25) is 0 Å². The maximum absolute atomic E-state index is 12.2. The molecule has 0 bridgehead atoms. The molecule has 0 aromatic heterocycles. The standard InChI is InChI=1S/C17H14O3/c1-19-14-10-6-2-4-8-12(14)16-13-9-5-3-7-11-15(13)20-17(16)18/h2-11,14H,1H3. The van der Waals surface area contributed by atoms with Crippen molar-refractivity contribution in [3.63, 3.8) is 0 Å². The van der Waals surface area contributed by atoms with Crippen molar-refractivity contribution in [3.05, 3.63) is 76.7 Å². The van der Waals surface area contributed by atoms with Gasteiger partial charge in [0, 0.05) is 12.7 Å². The van der Waals surface area contributed by atoms with Gasteiger partial charge in [-0.05, 0) is 11.6 Å². The molecule has 3 rings (SSSR count). The van der Waals surface area contributed by atoms with Crippen molar-refractivity contribution < 1.29 is 9.15 Å². The maximum atomic E-state index is 12.2. The number of rotatable bonds is 2. The molecular weight excluding hydrogens is 252 g/mol. The molecule has 0 aromatic carbocycles. The summed E-state index contributed by atoms with van der Waals surface area (Å²) in [7, 11) is 1.63. The third-order valence-corrected chi connectivity index (χ3v) is 3.31. The first-order valence-electron chi connectivity index (χ1n) is 6.41. The molecule has 1 atom stereocenters. The summed E-state index contributed by atoms with van der Waals surface area (Å²) in [6.07, 6.45) is 9.26. The zero-order valence-electron chi connectivity index (χ0n) is 11.1. The quantitative estimate of drug-likeness (QED) is 0.837. The van der Waals surface area contributed by atoms with Crippen LogP contribution in [0.1, 0.15) is 5.56 Å². The number of hydrogen-bond donors (Lipinski definition) is 0. The largest absolute Gasteiger partial charge is 0.422 e. The van der Waals surface area contributed by atoms with E-state index in [1.807, 2.05) is 54.6 Å². The second-order valence-electron chi connectivity index (χ2n) is 4.50. The Morgan fingerprint density at radius 2 is 1.95 bits per heavy atom. The Hall–Kier alpha value is -2.39. The van der Waals surface area contributed by atoms with Crippen LogP contribution < -0.4 is 5.63 Å². The predicted octanol–water partition coefficient (Wildman–Crippen LogP) is 3.27. The maximum Gasteiger partial charge on any atom is 0.344 e. The number of ether oxygens (including phenoxy) is 1. The van der Waals surface area contributed by atoms with E-state index in [4.69, 9.17) is 9.15 Å². The summed E-state index contributed by atoms with van der Waals surface area (Å²) in [6.45, 7) is 0. The van der Waals surface area contributed by atoms with Crippen LogP contribution >= 0.6 is 0 Å². The number of hydrogen-bond acceptors (Lipinski definition) is 3. The minimum Gasteiger partial charge on any atom is -0.422 e. The lowest BCUT2D eigenvalue weighted by atomic mass is 9.97. The molecule has 3 aliphatic rings. The van der Waals surface area contributed by atoms with Crippen LogP contribution in [0.3, 0.4) is 0 Å². The second kappa shape index (κ2) is 5.31. The normalized spacial score (nSPS) is 18.1. The van der Waals surface area contributed by atoms with E-state index in [1.54, 1.807) is 13.2 Å². The van der Waals surface area contributed by atoms with Gasteiger partial charge >= 0.3 is 5.63 Å². The molecule has 3 nitrogen and oxygen atoms in total. The third-order valence-electron chi connectivity index (χ3n) is 3.31. The summed E-state index contributed by atoms with van der Waals surface area (Å²) in [5.74, 6) is 0.586. The molecule has 20 heavy (non-hydrogen) atoms. The smallest absolute Gasteiger partial charge is 0.344 e. The first-order valence-corrected chi connectivity index (χ1v) is 6.41. The van der Waals surface area contributed by atoms with E-state index in [0.717, 1.165) is 11.1 Å². The number of methoxy groups -OCH3 is 1. The van der Waals surface area contributed by atoms with Crippen molar-refractivity contribution in [1.82, 2.24) is 0 Å². The molecule has 0 saturated heterocycles. The molecule has 0 saturated carbocycles. The van der Waals surface area contributed by atoms with Crippen molar-refractivity contribution in [1.29, 1.82) is 0 Å². The topological polar surface area (TPSA) is 39.4 Å². The zero-order chi connectivity index (χ0) is 13.9. The highest BCUT2D eigenvalue weighted by Crippen LogP contribution is 2.31. The van der Waals surface area contributed by atoms with Crippen molar-refractivity contribution >= 4 is 5.57 Å². The van der Waals surface area contributed by atoms with E-state index in [2.05, 4.69) is 0 Å². The lowest BCUT2D eigenvalue weighted by Gasteiger charge is -2.13. The Morgan fingerprint density at radius 3 is 2.80 bits per heavy atom. The molecule has 0 aromatic rings. The fraction of sp³-hybridized carbons (Fsp3) is 0.118. The van der Waals surface area contributed by atoms with E-state index in [-0.39, 0.29) is 11.7 Å². The number of allylic oxidation sites excluding steroid dienone is 4. The highest BCUT2D eigenvalue weighted by molar-refractivity contribution is 5.83. The van der Waals surface area contributed by atoms with Crippen LogP contribution in [0.25, 0.3) is 16.9 Å². The summed E-state index contributed by atoms with van der Waals surface area (Å²) in [6, 6.07) is 9.33. The first-order chi connectivity index (χ1) is 9.81. The summed E-state index contributed by atoms with van der Waals surface area (Å²) >= 11 is 0. The van der Waals surface area contributed by atoms with Gasteiger partial charge < -0.3 is 9.15 Å². The Balaban J connectivity index is 2.23. The average molecular weight is 266 g/mol. The Kier molecular flexibility index (Phi) is 3.35. The summed E-state index contributed by atoms with van der Waals surface area (Å²) in [5.41, 5.74) is 1.85. The second-order valence-corrected chi connectivity index (χ2v) is 4.50. The Labute approximate surface area is 116 Å². The van der Waals surface area contributed by atoms with Crippen LogP contribution in [0, 0.1) is 0 Å². The van der Waals surface area contributed by atoms with Gasteiger partial charge in [-0.2, -0.15) is 0 Å². The molecule has 3 heteroatoms. The highest BCUT2D eigenvalue weighted by atomic mass is 16.5. The van der Waals surface area contributed by atoms with Crippen LogP contribution in [0.4, 0.5) is 0 Å². The fourth-order valence-corrected chi connectivity index (χ4v) is 2.38. The molecule has 1 unspecified atom stereocenters. The molecular formula is C17H14O3. The molecule has 0 fully saturated rings. The van der Waals surface area contributed by atoms with E-state index in [1.165, 1.54) is 0 Å². The number of furan rings is 1. The van der Waals surface area contributed by atoms with Gasteiger partial charge in [-0.25, -0.2) is 4.79 Å². The van der Waals surface area contributed by atoms with Crippen LogP contribution in [0.5, 0.6) is 0 Å². The molecule has 1 aliphatic heterocycles. The lowest BCUT2D eigenvalue weighted by Crippen LogP contribution is -2.14. The summed E-state index contributed by atoms with van der Waals surface area (Å²) in [5, 5.41) is 0. The molecule has 100 valence electrons. The molecule has 0 radical (unpaired) electrons. The Morgan fingerprint density at radius 1 is 1.10 bits per heavy atom. The van der Waals surface area contributed by atoms with Gasteiger partial charge in [0.1, 0.15) is 11.9 Å². The van der Waals surface area contributed by atoms with Crippen molar-refractivity contribution in [3.8, 4) is 11.3 Å². The minimum atomic E-state index is -0.330. The van der Waals surface area contributed by atoms with Crippen molar-refractivity contribution in [2.45, 2.75) is 6.10 Å². The monoisotopic (exact) mass is 266 g/mol. The van der Waals surface area contributed by atoms with Gasteiger partial charge in [0.2, 0.25) is 0 Å². The van der Waals surface area contributed by atoms with E-state index in [0.29, 0.717) is 11.3 Å². The lowest BCUT2D eigenvalue weighted by molar-refractivity contribution is 0.184. The van der Waals surface area contributed by atoms with Gasteiger partial charge in [0.05, 0.1) is 5.56 Å². The highest BCUT2D eigenvalue weighted by Gasteiger charge is 2.24. The Bertz CT molecular complexity index is 734. The average Bonchev–Trinajstić information content (AvgIpc) is 2.69. The number of fused-ring (bicyclic) bond motifs is 1. The van der Waals surface area contributed by atoms with Gasteiger partial charge in [-0.1, -0.05) is 54.6 Å². The fourth-order valence-electron chi connectivity index (χ4n) is 2.38. The zero-order valence-corrected chi connectivity index (χ0v) is 11.1. The van der Waals surface area contributed by atoms with Gasteiger partial charge in [-0.3, -0.25) is 0 Å². The van der Waals surface area contributed by atoms with Crippen LogP contribution in [0.15, 0.2) is 69.9 Å². The van der Waals surface area contributed by atoms with Gasteiger partial charge in [-0.15, -0.1) is 0 Å². The minimum absolute atomic E-state index is 0.260. The third kappa shape index (κ3) is 2.12. The SMILES string of the molecule is COC1C=CC=CC=C1c1c2cccccc-2oc1=O. The van der Waals surface area contributed by atoms with Crippen LogP contribution in [-0.2, 0) is 4.74 Å². The molecule has 1 heterocycles. The first kappa shape index (κ1) is 12.6. The van der Waals surface area contributed by atoms with Crippen molar-refractivity contribution in [2.24, 2.45) is 0 Å². The molecule has 2 aliphatic carbocycles. The van der Waals surface area contributed by atoms with E-state index < -0.39 is 0 Å². The van der Waals surface area contributed by atoms with Gasteiger partial charge in [0.15, 0.2) is 0 Å². The summed E-state index contributed by atoms with van der Waals surface area (Å²) < 4.78 is 10.8. The molecule has 0 amide bonds. The van der Waals surface area contributed by atoms with E-state index >= 15 is 0 Å².